The minimum absolute atomic E-state index is 0.0209. The molecule has 64 heavy (non-hydrogen) atoms. The average Bonchev–Trinajstić information content (AvgIpc) is 3.93. The molecule has 350 valence electrons. The van der Waals surface area contributed by atoms with Crippen LogP contribution in [0.4, 0.5) is 0 Å². The van der Waals surface area contributed by atoms with Crippen LogP contribution in [0.5, 0.6) is 11.5 Å². The van der Waals surface area contributed by atoms with Gasteiger partial charge in [0.1, 0.15) is 18.9 Å². The Bertz CT molecular complexity index is 2360. The van der Waals surface area contributed by atoms with Gasteiger partial charge in [-0.15, -0.1) is 0 Å². The van der Waals surface area contributed by atoms with Crippen molar-refractivity contribution in [1.29, 1.82) is 0 Å². The van der Waals surface area contributed by atoms with Gasteiger partial charge >= 0.3 is 0 Å². The summed E-state index contributed by atoms with van der Waals surface area (Å²) in [5, 5.41) is 19.7. The molecule has 16 nitrogen and oxygen atoms in total. The van der Waals surface area contributed by atoms with Crippen molar-refractivity contribution < 1.29 is 48.1 Å². The third kappa shape index (κ3) is 13.6. The predicted molar refractivity (Wildman–Crippen MR) is 248 cm³/mol. The lowest BCUT2D eigenvalue weighted by atomic mass is 9.99. The Balaban J connectivity index is 1.69. The molecule has 5 rings (SSSR count). The number of nitrogens with one attached hydrogen (secondary N) is 2. The van der Waals surface area contributed by atoms with Gasteiger partial charge in [-0.25, -0.2) is 4.98 Å². The Labute approximate surface area is 375 Å². The van der Waals surface area contributed by atoms with E-state index in [0.717, 1.165) is 50.1 Å². The van der Waals surface area contributed by atoms with Gasteiger partial charge in [-0.2, -0.15) is 0 Å². The fourth-order valence-corrected chi connectivity index (χ4v) is 7.53. The lowest BCUT2D eigenvalue weighted by Crippen LogP contribution is -2.14. The van der Waals surface area contributed by atoms with Gasteiger partial charge in [0.05, 0.1) is 112 Å². The van der Waals surface area contributed by atoms with Gasteiger partial charge in [-0.3, -0.25) is 14.8 Å². The summed E-state index contributed by atoms with van der Waals surface area (Å²) in [6.45, 7) is 12.9. The number of H-pyrrole nitrogens is 2. The Morgan fingerprint density at radius 1 is 0.578 bits per heavy atom. The number of aliphatic hydroxyl groups is 2. The molecule has 0 atom stereocenters. The maximum absolute atomic E-state index is 14.7. The molecule has 0 unspecified atom stereocenters. The molecule has 6 bridgehead atoms. The van der Waals surface area contributed by atoms with Crippen LogP contribution >= 0.6 is 0 Å². The molecule has 3 aromatic heterocycles. The van der Waals surface area contributed by atoms with E-state index in [9.17, 15) is 15.0 Å². The summed E-state index contributed by atoms with van der Waals surface area (Å²) in [4.78, 5) is 36.7. The smallest absolute Gasteiger partial charge is 0.228 e. The number of nitrogens with zero attached hydrogens (tertiary/aromatic N) is 3. The van der Waals surface area contributed by atoms with Gasteiger partial charge in [-0.05, 0) is 91.8 Å². The lowest BCUT2D eigenvalue weighted by Gasteiger charge is -2.14. The largest absolute Gasteiger partial charge is 0.487 e. The number of hydrogen-bond donors (Lipinski definition) is 4. The predicted octanol–water partition coefficient (Wildman–Crippen LogP) is 6.22. The third-order valence-electron chi connectivity index (χ3n) is 10.9. The summed E-state index contributed by atoms with van der Waals surface area (Å²) in [6.07, 6.45) is 6.95. The van der Waals surface area contributed by atoms with E-state index >= 15 is 0 Å². The van der Waals surface area contributed by atoms with Crippen LogP contribution in [0.25, 0.3) is 44.2 Å². The molecule has 0 aliphatic carbocycles. The number of benzene rings is 1. The molecule has 0 saturated carbocycles. The maximum Gasteiger partial charge on any atom is 0.228 e. The molecule has 4 aromatic rings. The third-order valence-corrected chi connectivity index (χ3v) is 10.9. The van der Waals surface area contributed by atoms with Crippen LogP contribution < -0.4 is 14.9 Å². The second-order valence-corrected chi connectivity index (χ2v) is 15.1. The monoisotopic (exact) mass is 889 g/mol. The zero-order valence-electron chi connectivity index (χ0n) is 38.4. The highest BCUT2D eigenvalue weighted by atomic mass is 16.6. The Hall–Kier alpha value is -4.78. The summed E-state index contributed by atoms with van der Waals surface area (Å²) < 4.78 is 45.2. The van der Waals surface area contributed by atoms with Crippen molar-refractivity contribution in [3.63, 3.8) is 0 Å². The van der Waals surface area contributed by atoms with Gasteiger partial charge in [0.25, 0.3) is 0 Å². The number of methoxy groups -OCH3 is 2. The average molecular weight is 890 g/mol. The Morgan fingerprint density at radius 3 is 1.55 bits per heavy atom. The van der Waals surface area contributed by atoms with Crippen LogP contribution in [-0.2, 0) is 41.3 Å². The number of aryl methyl sites for hydroxylation is 4. The molecule has 0 fully saturated rings. The molecule has 1 aromatic carbocycles. The zero-order chi connectivity index (χ0) is 45.7. The van der Waals surface area contributed by atoms with Gasteiger partial charge in [0.2, 0.25) is 5.43 Å². The van der Waals surface area contributed by atoms with E-state index in [1.807, 2.05) is 26.8 Å². The molecule has 4 heterocycles. The maximum atomic E-state index is 14.7. The van der Waals surface area contributed by atoms with E-state index < -0.39 is 0 Å². The number of aromatic nitrogens is 5. The Kier molecular flexibility index (Phi) is 21.1. The summed E-state index contributed by atoms with van der Waals surface area (Å²) in [7, 11) is 3.26. The molecule has 0 amide bonds. The van der Waals surface area contributed by atoms with Gasteiger partial charge in [0.15, 0.2) is 11.5 Å². The van der Waals surface area contributed by atoms with E-state index in [2.05, 4.69) is 16.9 Å². The highest BCUT2D eigenvalue weighted by molar-refractivity contribution is 5.93. The van der Waals surface area contributed by atoms with Gasteiger partial charge < -0.3 is 58.1 Å². The van der Waals surface area contributed by atoms with Crippen molar-refractivity contribution >= 4 is 44.2 Å². The molecule has 0 saturated heterocycles. The molecule has 1 aliphatic heterocycles. The van der Waals surface area contributed by atoms with Crippen molar-refractivity contribution in [2.75, 3.05) is 107 Å². The highest BCUT2D eigenvalue weighted by Crippen LogP contribution is 2.35. The van der Waals surface area contributed by atoms with E-state index in [-0.39, 0.29) is 31.9 Å². The van der Waals surface area contributed by atoms with E-state index in [1.165, 1.54) is 0 Å². The van der Waals surface area contributed by atoms with Crippen LogP contribution in [0.3, 0.4) is 0 Å². The first-order valence-electron chi connectivity index (χ1n) is 22.3. The van der Waals surface area contributed by atoms with Crippen LogP contribution in [-0.4, -0.2) is 142 Å². The summed E-state index contributed by atoms with van der Waals surface area (Å²) >= 11 is 0. The molecular weight excluding hydrogens is 823 g/mol. The number of aliphatic hydroxyl groups excluding tert-OH is 2. The van der Waals surface area contributed by atoms with E-state index in [0.29, 0.717) is 144 Å². The van der Waals surface area contributed by atoms with Crippen molar-refractivity contribution in [3.05, 3.63) is 74.5 Å². The molecule has 0 spiro atoms. The number of aromatic amines is 2. The first-order chi connectivity index (χ1) is 31.3. The molecular formula is C48H67N5O11. The topological polar surface area (TPSA) is 202 Å². The van der Waals surface area contributed by atoms with Crippen molar-refractivity contribution in [3.8, 4) is 11.5 Å². The summed E-state index contributed by atoms with van der Waals surface area (Å²) in [5.74, 6) is 0.867. The highest BCUT2D eigenvalue weighted by Gasteiger charge is 2.23. The van der Waals surface area contributed by atoms with Crippen molar-refractivity contribution in [1.82, 2.24) is 24.9 Å². The minimum Gasteiger partial charge on any atom is -0.487 e. The SMILES string of the molecule is CCC1=C(CC)c2nc1cc1[nH]c(cnc3cc(OCCOCCOCCOC)c(OCCOCCOCCOC)cc3ncc3[nH]c(c(CCCO)c3C)c2=O)c(C)c1CCCO. The van der Waals surface area contributed by atoms with Crippen molar-refractivity contribution in [2.45, 2.75) is 66.2 Å². The van der Waals surface area contributed by atoms with E-state index in [1.54, 1.807) is 38.7 Å². The van der Waals surface area contributed by atoms with Crippen LogP contribution in [0, 0.1) is 13.8 Å². The number of ether oxygens (including phenoxy) is 8. The number of rotatable bonds is 28. The summed E-state index contributed by atoms with van der Waals surface area (Å²) in [6, 6.07) is 5.59. The molecule has 0 radical (unpaired) electrons. The fraction of sp³-hybridized carbons (Fsp3) is 0.542. The second-order valence-electron chi connectivity index (χ2n) is 15.1. The zero-order valence-corrected chi connectivity index (χ0v) is 38.4. The van der Waals surface area contributed by atoms with Crippen LogP contribution in [0.15, 0.2) is 35.4 Å². The first kappa shape index (κ1) is 50.2. The first-order valence-corrected chi connectivity index (χ1v) is 22.3. The fourth-order valence-electron chi connectivity index (χ4n) is 7.53. The van der Waals surface area contributed by atoms with Crippen LogP contribution in [0.2, 0.25) is 0 Å². The van der Waals surface area contributed by atoms with E-state index in [4.69, 9.17) is 52.8 Å². The number of fused-ring (bicyclic) bond motifs is 7. The number of hydrogen-bond acceptors (Lipinski definition) is 14. The van der Waals surface area contributed by atoms with Gasteiger partial charge in [0, 0.05) is 45.1 Å². The standard InChI is InChI=1S/C48H67N5O11/c1-7-34-35(8-2)46-48(56)47-37(12-10-14-55)33(4)43(53-47)31-50-41-29-45(64-26-24-62-22-20-60-18-16-58-6)44(63-25-23-61-21-19-59-17-15-57-5)28-40(41)49-30-42-32(3)36(11-9-13-54)39(51-42)27-38(34)52-46/h27-31,51,53-55H,7-26H2,1-6H3. The molecule has 4 N–H and O–H groups in total. The quantitative estimate of drug-likeness (QED) is 0.0468. The minimum atomic E-state index is -0.206. The normalized spacial score (nSPS) is 12.1. The van der Waals surface area contributed by atoms with Crippen LogP contribution in [0.1, 0.15) is 73.2 Å². The summed E-state index contributed by atoms with van der Waals surface area (Å²) in [5.41, 5.74) is 10.2. The molecule has 16 heteroatoms. The second kappa shape index (κ2) is 26.9. The molecule has 1 aliphatic rings. The Morgan fingerprint density at radius 2 is 1.05 bits per heavy atom. The lowest BCUT2D eigenvalue weighted by molar-refractivity contribution is 0.0160. The number of allylic oxidation sites excluding steroid dienone is 2. The van der Waals surface area contributed by atoms with Gasteiger partial charge in [-0.1, -0.05) is 13.8 Å². The van der Waals surface area contributed by atoms with Crippen molar-refractivity contribution in [2.24, 2.45) is 0 Å².